The minimum Gasteiger partial charge on any atom is -0.504 e. The molecule has 1 N–H and O–H groups in total. The van der Waals surface area contributed by atoms with E-state index in [0.717, 1.165) is 18.7 Å². The Labute approximate surface area is 124 Å². The van der Waals surface area contributed by atoms with Gasteiger partial charge in [-0.15, -0.1) is 0 Å². The van der Waals surface area contributed by atoms with E-state index in [1.807, 2.05) is 0 Å². The first kappa shape index (κ1) is 15.4. The Morgan fingerprint density at radius 2 is 1.80 bits per heavy atom. The minimum absolute atomic E-state index is 0.0447. The molecule has 1 aliphatic heterocycles. The average molecular weight is 302 g/mol. The van der Waals surface area contributed by atoms with E-state index in [4.69, 9.17) is 25.8 Å². The molecule has 0 aromatic heterocycles. The number of methoxy groups -OCH3 is 3. The van der Waals surface area contributed by atoms with E-state index in [-0.39, 0.29) is 18.0 Å². The molecule has 1 aliphatic rings. The Morgan fingerprint density at radius 1 is 1.20 bits per heavy atom. The van der Waals surface area contributed by atoms with Crippen molar-refractivity contribution in [3.8, 4) is 11.5 Å². The molecule has 0 spiro atoms. The van der Waals surface area contributed by atoms with Crippen molar-refractivity contribution in [1.29, 1.82) is 0 Å². The lowest BCUT2D eigenvalue weighted by atomic mass is 10.1. The molecule has 1 fully saturated rings. The zero-order chi connectivity index (χ0) is 14.7. The lowest BCUT2D eigenvalue weighted by Crippen LogP contribution is -2.27. The highest BCUT2D eigenvalue weighted by molar-refractivity contribution is 6.30. The van der Waals surface area contributed by atoms with E-state index in [9.17, 15) is 5.11 Å². The van der Waals surface area contributed by atoms with Gasteiger partial charge in [0.1, 0.15) is 0 Å². The number of nitrogens with zero attached hydrogens (tertiary/aromatic N) is 1. The molecule has 5 nitrogen and oxygen atoms in total. The molecule has 112 valence electrons. The number of ether oxygens (including phenoxy) is 3. The molecule has 1 aromatic rings. The minimum atomic E-state index is 0.0447. The third-order valence-electron chi connectivity index (χ3n) is 3.63. The predicted molar refractivity (Wildman–Crippen MR) is 76.5 cm³/mol. The summed E-state index contributed by atoms with van der Waals surface area (Å²) in [4.78, 5) is 2.16. The van der Waals surface area contributed by atoms with Crippen molar-refractivity contribution in [2.45, 2.75) is 18.8 Å². The van der Waals surface area contributed by atoms with Crippen molar-refractivity contribution in [2.24, 2.45) is 0 Å². The molecule has 20 heavy (non-hydrogen) atoms. The highest BCUT2D eigenvalue weighted by atomic mass is 35.5. The van der Waals surface area contributed by atoms with Gasteiger partial charge in [-0.05, 0) is 6.07 Å². The summed E-state index contributed by atoms with van der Waals surface area (Å²) in [5.41, 5.74) is 0.737. The molecule has 1 aromatic carbocycles. The van der Waals surface area contributed by atoms with Crippen LogP contribution >= 0.6 is 11.6 Å². The lowest BCUT2D eigenvalue weighted by Gasteiger charge is -2.17. The Morgan fingerprint density at radius 3 is 2.30 bits per heavy atom. The van der Waals surface area contributed by atoms with Crippen molar-refractivity contribution < 1.29 is 19.3 Å². The van der Waals surface area contributed by atoms with Crippen LogP contribution in [0, 0.1) is 0 Å². The van der Waals surface area contributed by atoms with Gasteiger partial charge in [-0.3, -0.25) is 4.90 Å². The molecule has 0 aliphatic carbocycles. The number of phenolic OH excluding ortho intramolecular Hbond substituents is 1. The third-order valence-corrected chi connectivity index (χ3v) is 3.85. The molecule has 6 heteroatoms. The number of aromatic hydroxyl groups is 1. The summed E-state index contributed by atoms with van der Waals surface area (Å²) in [6.45, 7) is 2.08. The van der Waals surface area contributed by atoms with Crippen LogP contribution in [-0.2, 0) is 16.0 Å². The predicted octanol–water partition coefficient (Wildman–Crippen LogP) is 1.90. The van der Waals surface area contributed by atoms with Gasteiger partial charge in [0.25, 0.3) is 0 Å². The van der Waals surface area contributed by atoms with Crippen LogP contribution in [0.3, 0.4) is 0 Å². The van der Waals surface area contributed by atoms with Gasteiger partial charge >= 0.3 is 0 Å². The molecule has 2 atom stereocenters. The Bertz CT molecular complexity index is 457. The molecule has 2 unspecified atom stereocenters. The van der Waals surface area contributed by atoms with Crippen LogP contribution in [0.15, 0.2) is 12.1 Å². The molecule has 0 radical (unpaired) electrons. The lowest BCUT2D eigenvalue weighted by molar-refractivity contribution is -0.00461. The van der Waals surface area contributed by atoms with Gasteiger partial charge in [0.2, 0.25) is 0 Å². The second kappa shape index (κ2) is 6.63. The number of benzene rings is 1. The number of likely N-dealkylation sites (tertiary alicyclic amines) is 1. The first-order chi connectivity index (χ1) is 9.58. The van der Waals surface area contributed by atoms with E-state index in [1.54, 1.807) is 26.4 Å². The standard InChI is InChI=1S/C14H20ClNO4/c1-18-11-5-10(15)4-9(14(11)17)6-16-7-12(19-2)13(8-16)20-3/h4-5,12-13,17H,6-8H2,1-3H3. The number of hydrogen-bond donors (Lipinski definition) is 1. The van der Waals surface area contributed by atoms with Gasteiger partial charge in [-0.1, -0.05) is 11.6 Å². The maximum Gasteiger partial charge on any atom is 0.162 e. The normalized spacial score (nSPS) is 23.2. The van der Waals surface area contributed by atoms with Gasteiger partial charge < -0.3 is 19.3 Å². The summed E-state index contributed by atoms with van der Waals surface area (Å²) in [6.07, 6.45) is 0.0893. The number of halogens is 1. The maximum absolute atomic E-state index is 10.1. The van der Waals surface area contributed by atoms with Crippen LogP contribution in [0.5, 0.6) is 11.5 Å². The first-order valence-corrected chi connectivity index (χ1v) is 6.80. The van der Waals surface area contributed by atoms with Crippen LogP contribution in [0.2, 0.25) is 5.02 Å². The SMILES string of the molecule is COc1cc(Cl)cc(CN2CC(OC)C(OC)C2)c1O. The van der Waals surface area contributed by atoms with E-state index in [0.29, 0.717) is 17.3 Å². The third kappa shape index (κ3) is 3.17. The largest absolute Gasteiger partial charge is 0.504 e. The topological polar surface area (TPSA) is 51.2 Å². The van der Waals surface area contributed by atoms with Crippen LogP contribution in [0.4, 0.5) is 0 Å². The first-order valence-electron chi connectivity index (χ1n) is 6.42. The number of hydrogen-bond acceptors (Lipinski definition) is 5. The van der Waals surface area contributed by atoms with Crippen LogP contribution in [-0.4, -0.2) is 56.6 Å². The fourth-order valence-electron chi connectivity index (χ4n) is 2.55. The fourth-order valence-corrected chi connectivity index (χ4v) is 2.78. The van der Waals surface area contributed by atoms with Crippen molar-refractivity contribution in [2.75, 3.05) is 34.4 Å². The number of phenols is 1. The Kier molecular flexibility index (Phi) is 5.10. The summed E-state index contributed by atoms with van der Waals surface area (Å²) < 4.78 is 15.9. The second-order valence-electron chi connectivity index (χ2n) is 4.86. The highest BCUT2D eigenvalue weighted by Crippen LogP contribution is 2.34. The van der Waals surface area contributed by atoms with Crippen molar-refractivity contribution in [3.05, 3.63) is 22.7 Å². The van der Waals surface area contributed by atoms with Gasteiger partial charge in [0.05, 0.1) is 19.3 Å². The Hall–Kier alpha value is -1.01. The average Bonchev–Trinajstić information content (AvgIpc) is 2.84. The van der Waals surface area contributed by atoms with E-state index in [2.05, 4.69) is 4.90 Å². The van der Waals surface area contributed by atoms with Crippen molar-refractivity contribution in [1.82, 2.24) is 4.90 Å². The molecular formula is C14H20ClNO4. The molecule has 2 rings (SSSR count). The van der Waals surface area contributed by atoms with Crippen LogP contribution in [0.1, 0.15) is 5.56 Å². The van der Waals surface area contributed by atoms with Crippen LogP contribution in [0.25, 0.3) is 0 Å². The van der Waals surface area contributed by atoms with Gasteiger partial charge in [-0.2, -0.15) is 0 Å². The smallest absolute Gasteiger partial charge is 0.162 e. The van der Waals surface area contributed by atoms with Crippen molar-refractivity contribution >= 4 is 11.6 Å². The summed E-state index contributed by atoms with van der Waals surface area (Å²) >= 11 is 6.04. The molecule has 0 amide bonds. The Balaban J connectivity index is 2.13. The quantitative estimate of drug-likeness (QED) is 0.900. The van der Waals surface area contributed by atoms with Gasteiger partial charge in [0.15, 0.2) is 11.5 Å². The summed E-state index contributed by atoms with van der Waals surface area (Å²) in [5.74, 6) is 0.519. The van der Waals surface area contributed by atoms with E-state index >= 15 is 0 Å². The monoisotopic (exact) mass is 301 g/mol. The van der Waals surface area contributed by atoms with Crippen molar-refractivity contribution in [3.63, 3.8) is 0 Å². The molecule has 0 bridgehead atoms. The molecule has 1 saturated heterocycles. The summed E-state index contributed by atoms with van der Waals surface area (Å²) in [5, 5.41) is 10.7. The number of rotatable bonds is 5. The van der Waals surface area contributed by atoms with Crippen LogP contribution < -0.4 is 4.74 Å². The summed E-state index contributed by atoms with van der Waals surface area (Å²) in [7, 11) is 4.87. The zero-order valence-electron chi connectivity index (χ0n) is 11.9. The van der Waals surface area contributed by atoms with Gasteiger partial charge in [0, 0.05) is 50.5 Å². The zero-order valence-corrected chi connectivity index (χ0v) is 12.7. The summed E-state index contributed by atoms with van der Waals surface area (Å²) in [6, 6.07) is 3.35. The molecule has 0 saturated carbocycles. The maximum atomic E-state index is 10.1. The highest BCUT2D eigenvalue weighted by Gasteiger charge is 2.33. The van der Waals surface area contributed by atoms with E-state index in [1.165, 1.54) is 7.11 Å². The fraction of sp³-hybridized carbons (Fsp3) is 0.571. The second-order valence-corrected chi connectivity index (χ2v) is 5.29. The molecular weight excluding hydrogens is 282 g/mol. The molecule has 1 heterocycles. The van der Waals surface area contributed by atoms with E-state index < -0.39 is 0 Å². The van der Waals surface area contributed by atoms with Gasteiger partial charge in [-0.25, -0.2) is 0 Å².